The van der Waals surface area contributed by atoms with Gasteiger partial charge in [-0.1, -0.05) is 28.1 Å². The second-order valence-electron chi connectivity index (χ2n) is 6.20. The lowest BCUT2D eigenvalue weighted by molar-refractivity contribution is 0.297. The van der Waals surface area contributed by atoms with E-state index < -0.39 is 0 Å². The van der Waals surface area contributed by atoms with E-state index in [0.29, 0.717) is 24.8 Å². The molecule has 6 nitrogen and oxygen atoms in total. The molecule has 0 aliphatic carbocycles. The number of hydrogen-bond donors (Lipinski definition) is 0. The van der Waals surface area contributed by atoms with Gasteiger partial charge in [-0.25, -0.2) is 4.98 Å². The molecule has 4 aromatic rings. The Morgan fingerprint density at radius 2 is 1.67 bits per heavy atom. The van der Waals surface area contributed by atoms with E-state index in [1.165, 1.54) is 0 Å². The topological polar surface area (TPSA) is 61.5 Å². The van der Waals surface area contributed by atoms with Crippen molar-refractivity contribution in [2.75, 3.05) is 13.2 Å². The molecule has 0 radical (unpaired) electrons. The van der Waals surface area contributed by atoms with Gasteiger partial charge in [-0.3, -0.25) is 0 Å². The first-order valence-corrected chi connectivity index (χ1v) is 9.45. The van der Waals surface area contributed by atoms with Crippen molar-refractivity contribution in [3.05, 3.63) is 59.2 Å². The standard InChI is InChI=1S/C20H15BrN4O2/c21-15-5-2-13(3-6-15)16-8-9-22-20-23-19(24-25(16)20)14-4-7-17-18(12-14)27-11-1-10-26-17/h2-9,12H,1,10-11H2. The Morgan fingerprint density at radius 1 is 0.889 bits per heavy atom. The molecular weight excluding hydrogens is 408 g/mol. The molecule has 0 spiro atoms. The molecule has 27 heavy (non-hydrogen) atoms. The van der Waals surface area contributed by atoms with Crippen LogP contribution in [0, 0.1) is 0 Å². The fraction of sp³-hybridized carbons (Fsp3) is 0.150. The summed E-state index contributed by atoms with van der Waals surface area (Å²) < 4.78 is 14.3. The van der Waals surface area contributed by atoms with Crippen molar-refractivity contribution in [3.8, 4) is 34.1 Å². The van der Waals surface area contributed by atoms with E-state index >= 15 is 0 Å². The summed E-state index contributed by atoms with van der Waals surface area (Å²) in [6.07, 6.45) is 2.62. The average Bonchev–Trinajstić information content (AvgIpc) is 3.00. The van der Waals surface area contributed by atoms with Crippen LogP contribution < -0.4 is 9.47 Å². The third kappa shape index (κ3) is 3.04. The van der Waals surface area contributed by atoms with Crippen LogP contribution in [0.5, 0.6) is 11.5 Å². The zero-order valence-electron chi connectivity index (χ0n) is 14.3. The third-order valence-corrected chi connectivity index (χ3v) is 4.92. The Bertz CT molecular complexity index is 1120. The number of aromatic nitrogens is 4. The Labute approximate surface area is 163 Å². The minimum absolute atomic E-state index is 0.553. The molecule has 7 heteroatoms. The van der Waals surface area contributed by atoms with Crippen molar-refractivity contribution in [1.82, 2.24) is 19.6 Å². The van der Waals surface area contributed by atoms with Gasteiger partial charge in [0.15, 0.2) is 17.3 Å². The van der Waals surface area contributed by atoms with Crippen molar-refractivity contribution >= 4 is 21.7 Å². The maximum absolute atomic E-state index is 5.78. The molecule has 2 aromatic heterocycles. The summed E-state index contributed by atoms with van der Waals surface area (Å²) in [5, 5.41) is 4.69. The third-order valence-electron chi connectivity index (χ3n) is 4.39. The zero-order valence-corrected chi connectivity index (χ0v) is 15.9. The Morgan fingerprint density at radius 3 is 2.52 bits per heavy atom. The van der Waals surface area contributed by atoms with Gasteiger partial charge >= 0.3 is 0 Å². The highest BCUT2D eigenvalue weighted by Gasteiger charge is 2.15. The molecule has 0 bridgehead atoms. The second kappa shape index (κ2) is 6.66. The largest absolute Gasteiger partial charge is 0.490 e. The van der Waals surface area contributed by atoms with Crippen LogP contribution in [0.3, 0.4) is 0 Å². The first kappa shape index (κ1) is 16.3. The lowest BCUT2D eigenvalue weighted by Crippen LogP contribution is -1.97. The lowest BCUT2D eigenvalue weighted by atomic mass is 10.1. The van der Waals surface area contributed by atoms with Crippen LogP contribution in [0.1, 0.15) is 6.42 Å². The molecular formula is C20H15BrN4O2. The van der Waals surface area contributed by atoms with E-state index in [1.54, 1.807) is 10.7 Å². The SMILES string of the molecule is Brc1ccc(-c2ccnc3nc(-c4ccc5c(c4)OCCCO5)nn23)cc1. The molecule has 0 saturated heterocycles. The van der Waals surface area contributed by atoms with Gasteiger partial charge in [0.05, 0.1) is 18.9 Å². The van der Waals surface area contributed by atoms with E-state index in [-0.39, 0.29) is 0 Å². The van der Waals surface area contributed by atoms with Crippen LogP contribution in [0.2, 0.25) is 0 Å². The Balaban J connectivity index is 1.60. The van der Waals surface area contributed by atoms with E-state index in [9.17, 15) is 0 Å². The zero-order chi connectivity index (χ0) is 18.2. The fourth-order valence-electron chi connectivity index (χ4n) is 3.06. The van der Waals surface area contributed by atoms with Gasteiger partial charge in [-0.2, -0.15) is 9.50 Å². The summed E-state index contributed by atoms with van der Waals surface area (Å²) in [4.78, 5) is 8.95. The Kier molecular flexibility index (Phi) is 4.01. The number of benzene rings is 2. The van der Waals surface area contributed by atoms with E-state index in [0.717, 1.165) is 39.2 Å². The van der Waals surface area contributed by atoms with Gasteiger partial charge in [0, 0.05) is 28.2 Å². The quantitative estimate of drug-likeness (QED) is 0.479. The molecule has 3 heterocycles. The summed E-state index contributed by atoms with van der Waals surface area (Å²) in [6.45, 7) is 1.31. The molecule has 0 unspecified atom stereocenters. The van der Waals surface area contributed by atoms with Gasteiger partial charge in [0.2, 0.25) is 0 Å². The second-order valence-corrected chi connectivity index (χ2v) is 7.11. The number of hydrogen-bond acceptors (Lipinski definition) is 5. The minimum Gasteiger partial charge on any atom is -0.490 e. The molecule has 0 fully saturated rings. The van der Waals surface area contributed by atoms with Gasteiger partial charge in [0.1, 0.15) is 0 Å². The van der Waals surface area contributed by atoms with Crippen molar-refractivity contribution in [3.63, 3.8) is 0 Å². The van der Waals surface area contributed by atoms with Crippen LogP contribution in [0.25, 0.3) is 28.4 Å². The molecule has 0 atom stereocenters. The lowest BCUT2D eigenvalue weighted by Gasteiger charge is -2.07. The van der Waals surface area contributed by atoms with Crippen molar-refractivity contribution in [2.24, 2.45) is 0 Å². The van der Waals surface area contributed by atoms with Crippen LogP contribution in [0.4, 0.5) is 0 Å². The molecule has 0 N–H and O–H groups in total. The summed E-state index contributed by atoms with van der Waals surface area (Å²) in [7, 11) is 0. The Hall–Kier alpha value is -2.93. The molecule has 134 valence electrons. The summed E-state index contributed by atoms with van der Waals surface area (Å²) in [5.41, 5.74) is 2.84. The molecule has 5 rings (SSSR count). The highest BCUT2D eigenvalue weighted by molar-refractivity contribution is 9.10. The van der Waals surface area contributed by atoms with Crippen LogP contribution in [-0.4, -0.2) is 32.8 Å². The summed E-state index contributed by atoms with van der Waals surface area (Å²) in [5.74, 6) is 2.64. The molecule has 1 aliphatic rings. The number of fused-ring (bicyclic) bond motifs is 2. The van der Waals surface area contributed by atoms with Crippen LogP contribution in [-0.2, 0) is 0 Å². The predicted octanol–water partition coefficient (Wildman–Crippen LogP) is 4.38. The number of nitrogens with zero attached hydrogens (tertiary/aromatic N) is 4. The number of halogens is 1. The smallest absolute Gasteiger partial charge is 0.253 e. The molecule has 1 aliphatic heterocycles. The highest BCUT2D eigenvalue weighted by Crippen LogP contribution is 2.33. The van der Waals surface area contributed by atoms with E-state index in [2.05, 4.69) is 31.0 Å². The predicted molar refractivity (Wildman–Crippen MR) is 105 cm³/mol. The molecule has 0 amide bonds. The summed E-state index contributed by atoms with van der Waals surface area (Å²) >= 11 is 3.47. The monoisotopic (exact) mass is 422 g/mol. The highest BCUT2D eigenvalue weighted by atomic mass is 79.9. The molecule has 0 saturated carbocycles. The van der Waals surface area contributed by atoms with E-state index in [1.807, 2.05) is 48.5 Å². The fourth-order valence-corrected chi connectivity index (χ4v) is 3.32. The first-order chi connectivity index (χ1) is 13.3. The van der Waals surface area contributed by atoms with Crippen molar-refractivity contribution in [2.45, 2.75) is 6.42 Å². The van der Waals surface area contributed by atoms with Gasteiger partial charge < -0.3 is 9.47 Å². The number of ether oxygens (including phenoxy) is 2. The van der Waals surface area contributed by atoms with Crippen molar-refractivity contribution < 1.29 is 9.47 Å². The molecule has 2 aromatic carbocycles. The summed E-state index contributed by atoms with van der Waals surface area (Å²) in [6, 6.07) is 15.8. The maximum Gasteiger partial charge on any atom is 0.253 e. The van der Waals surface area contributed by atoms with Gasteiger partial charge in [-0.05, 0) is 36.4 Å². The number of rotatable bonds is 2. The van der Waals surface area contributed by atoms with Gasteiger partial charge in [0.25, 0.3) is 5.78 Å². The average molecular weight is 423 g/mol. The van der Waals surface area contributed by atoms with Crippen LogP contribution in [0.15, 0.2) is 59.2 Å². The maximum atomic E-state index is 5.78. The van der Waals surface area contributed by atoms with Gasteiger partial charge in [-0.15, -0.1) is 5.10 Å². The van der Waals surface area contributed by atoms with Crippen LogP contribution >= 0.6 is 15.9 Å². The normalized spacial score (nSPS) is 13.5. The van der Waals surface area contributed by atoms with Crippen molar-refractivity contribution in [1.29, 1.82) is 0 Å². The van der Waals surface area contributed by atoms with E-state index in [4.69, 9.17) is 9.47 Å². The first-order valence-electron chi connectivity index (χ1n) is 8.66. The minimum atomic E-state index is 0.553.